The molecule has 10 heteroatoms. The van der Waals surface area contributed by atoms with Crippen LogP contribution in [0.4, 0.5) is 0 Å². The van der Waals surface area contributed by atoms with Crippen LogP contribution in [0.1, 0.15) is 45.7 Å². The van der Waals surface area contributed by atoms with Crippen molar-refractivity contribution in [2.24, 2.45) is 5.92 Å². The monoisotopic (exact) mass is 463 g/mol. The van der Waals surface area contributed by atoms with Gasteiger partial charge < -0.3 is 14.5 Å². The normalized spacial score (nSPS) is 17.5. The van der Waals surface area contributed by atoms with Gasteiger partial charge in [0.2, 0.25) is 0 Å². The Morgan fingerprint density at radius 1 is 1.30 bits per heavy atom. The van der Waals surface area contributed by atoms with E-state index in [1.807, 2.05) is 0 Å². The van der Waals surface area contributed by atoms with E-state index in [-0.39, 0.29) is 30.0 Å². The van der Waals surface area contributed by atoms with Gasteiger partial charge in [-0.05, 0) is 43.0 Å². The zero-order valence-electron chi connectivity index (χ0n) is 17.3. The molecule has 33 heavy (non-hydrogen) atoms. The lowest BCUT2D eigenvalue weighted by Crippen LogP contribution is -2.33. The minimum absolute atomic E-state index is 0.0995. The van der Waals surface area contributed by atoms with Crippen LogP contribution in [-0.2, 0) is 11.3 Å². The summed E-state index contributed by atoms with van der Waals surface area (Å²) >= 11 is 6.21. The number of amides is 1. The van der Waals surface area contributed by atoms with Crippen molar-refractivity contribution in [1.82, 2.24) is 19.9 Å². The summed E-state index contributed by atoms with van der Waals surface area (Å²) in [4.78, 5) is 29.5. The second-order valence-corrected chi connectivity index (χ2v) is 8.38. The number of halogens is 1. The van der Waals surface area contributed by atoms with Gasteiger partial charge in [0.25, 0.3) is 5.91 Å². The fourth-order valence-electron chi connectivity index (χ4n) is 3.94. The summed E-state index contributed by atoms with van der Waals surface area (Å²) in [6.07, 6.45) is 6.35. The highest BCUT2D eigenvalue weighted by Crippen LogP contribution is 2.34. The first-order valence-electron chi connectivity index (χ1n) is 10.4. The van der Waals surface area contributed by atoms with Crippen molar-refractivity contribution in [1.29, 1.82) is 5.26 Å². The molecular weight excluding hydrogens is 446 g/mol. The predicted molar refractivity (Wildman–Crippen MR) is 118 cm³/mol. The molecule has 0 saturated heterocycles. The minimum atomic E-state index is -0.523. The molecule has 9 nitrogen and oxygen atoms in total. The molecule has 5 rings (SSSR count). The number of benzene rings is 1. The van der Waals surface area contributed by atoms with Crippen LogP contribution < -0.4 is 5.32 Å². The number of hydrogen-bond acceptors (Lipinski definition) is 7. The van der Waals surface area contributed by atoms with Crippen molar-refractivity contribution in [3.8, 4) is 6.07 Å². The fourth-order valence-corrected chi connectivity index (χ4v) is 4.17. The van der Waals surface area contributed by atoms with Crippen molar-refractivity contribution in [2.45, 2.75) is 31.9 Å². The zero-order valence-corrected chi connectivity index (χ0v) is 18.1. The molecule has 0 spiro atoms. The summed E-state index contributed by atoms with van der Waals surface area (Å²) in [6.45, 7) is 0.0995. The summed E-state index contributed by atoms with van der Waals surface area (Å²) in [5.74, 6) is -0.143. The molecular formula is C23H18ClN5O4. The highest BCUT2D eigenvalue weighted by Gasteiger charge is 2.33. The number of carbonyl (C=O) groups is 2. The van der Waals surface area contributed by atoms with Crippen LogP contribution in [-0.4, -0.2) is 32.6 Å². The maximum Gasteiger partial charge on any atom is 0.342 e. The summed E-state index contributed by atoms with van der Waals surface area (Å²) in [7, 11) is 0. The van der Waals surface area contributed by atoms with Crippen LogP contribution in [0.5, 0.6) is 0 Å². The topological polar surface area (TPSA) is 123 Å². The Bertz CT molecular complexity index is 1410. The molecule has 1 N–H and O–H groups in total. The summed E-state index contributed by atoms with van der Waals surface area (Å²) < 4.78 is 12.9. The Hall–Kier alpha value is -3.90. The average molecular weight is 464 g/mol. The summed E-state index contributed by atoms with van der Waals surface area (Å²) in [6, 6.07) is 8.77. The van der Waals surface area contributed by atoms with E-state index in [0.29, 0.717) is 52.2 Å². The highest BCUT2D eigenvalue weighted by atomic mass is 35.5. The largest absolute Gasteiger partial charge is 0.459 e. The number of esters is 1. The Labute approximate surface area is 192 Å². The Kier molecular flexibility index (Phi) is 5.44. The molecule has 0 unspecified atom stereocenters. The van der Waals surface area contributed by atoms with Crippen LogP contribution in [0.25, 0.3) is 16.6 Å². The Morgan fingerprint density at radius 3 is 2.97 bits per heavy atom. The predicted octanol–water partition coefficient (Wildman–Crippen LogP) is 3.91. The second-order valence-electron chi connectivity index (χ2n) is 7.94. The zero-order chi connectivity index (χ0) is 22.9. The van der Waals surface area contributed by atoms with Gasteiger partial charge >= 0.3 is 5.97 Å². The Balaban J connectivity index is 1.30. The van der Waals surface area contributed by atoms with Crippen LogP contribution in [0.15, 0.2) is 47.3 Å². The van der Waals surface area contributed by atoms with Gasteiger partial charge in [-0.25, -0.2) is 14.3 Å². The second kappa shape index (κ2) is 8.56. The summed E-state index contributed by atoms with van der Waals surface area (Å²) in [5, 5.41) is 16.7. The average Bonchev–Trinajstić information content (AvgIpc) is 3.39. The van der Waals surface area contributed by atoms with Gasteiger partial charge in [0.05, 0.1) is 18.8 Å². The van der Waals surface area contributed by atoms with Crippen molar-refractivity contribution < 1.29 is 18.7 Å². The van der Waals surface area contributed by atoms with E-state index in [0.717, 1.165) is 0 Å². The molecule has 166 valence electrons. The molecule has 0 bridgehead atoms. The van der Waals surface area contributed by atoms with Gasteiger partial charge in [0.1, 0.15) is 28.6 Å². The van der Waals surface area contributed by atoms with E-state index in [4.69, 9.17) is 26.0 Å². The first-order chi connectivity index (χ1) is 16.0. The van der Waals surface area contributed by atoms with E-state index in [9.17, 15) is 9.59 Å². The summed E-state index contributed by atoms with van der Waals surface area (Å²) in [5.41, 5.74) is 1.36. The van der Waals surface area contributed by atoms with E-state index >= 15 is 0 Å². The number of nitrogens with one attached hydrogen (secondary N) is 1. The first kappa shape index (κ1) is 21.0. The molecule has 0 aliphatic heterocycles. The molecule has 1 amide bonds. The number of nitrogens with zero attached hydrogens (tertiary/aromatic N) is 4. The lowest BCUT2D eigenvalue weighted by Gasteiger charge is -2.33. The van der Waals surface area contributed by atoms with Crippen LogP contribution in [0, 0.1) is 17.2 Å². The fraction of sp³-hybridized carbons (Fsp3) is 0.261. The molecule has 0 atom stereocenters. The molecule has 4 aromatic rings. The Morgan fingerprint density at radius 2 is 2.15 bits per heavy atom. The molecule has 3 heterocycles. The molecule has 1 fully saturated rings. The van der Waals surface area contributed by atoms with E-state index < -0.39 is 5.97 Å². The van der Waals surface area contributed by atoms with Gasteiger partial charge in [0.15, 0.2) is 5.65 Å². The number of hydrogen-bond donors (Lipinski definition) is 1. The van der Waals surface area contributed by atoms with Gasteiger partial charge in [-0.3, -0.25) is 4.79 Å². The van der Waals surface area contributed by atoms with Gasteiger partial charge in [0, 0.05) is 29.2 Å². The van der Waals surface area contributed by atoms with Gasteiger partial charge in [-0.15, -0.1) is 0 Å². The quantitative estimate of drug-likeness (QED) is 0.430. The number of fused-ring (bicyclic) bond motifs is 2. The molecule has 1 aliphatic carbocycles. The number of ether oxygens (including phenoxy) is 1. The number of carbonyl (C=O) groups excluding carboxylic acids is 2. The van der Waals surface area contributed by atoms with Crippen LogP contribution >= 0.6 is 11.6 Å². The maximum atomic E-state index is 12.7. The lowest BCUT2D eigenvalue weighted by molar-refractivity contribution is -0.00986. The molecule has 1 aromatic carbocycles. The third kappa shape index (κ3) is 4.13. The van der Waals surface area contributed by atoms with E-state index in [1.54, 1.807) is 30.6 Å². The van der Waals surface area contributed by atoms with Crippen molar-refractivity contribution in [2.75, 3.05) is 0 Å². The number of aromatic nitrogens is 3. The lowest BCUT2D eigenvalue weighted by atomic mass is 9.80. The van der Waals surface area contributed by atoms with E-state index in [1.165, 1.54) is 16.8 Å². The van der Waals surface area contributed by atoms with Gasteiger partial charge in [-0.1, -0.05) is 11.6 Å². The van der Waals surface area contributed by atoms with Crippen molar-refractivity contribution in [3.05, 3.63) is 64.8 Å². The van der Waals surface area contributed by atoms with Crippen LogP contribution in [0.2, 0.25) is 5.02 Å². The van der Waals surface area contributed by atoms with E-state index in [2.05, 4.69) is 21.5 Å². The third-order valence-electron chi connectivity index (χ3n) is 5.65. The highest BCUT2D eigenvalue weighted by molar-refractivity contribution is 6.32. The van der Waals surface area contributed by atoms with Gasteiger partial charge in [-0.2, -0.15) is 10.4 Å². The third-order valence-corrected chi connectivity index (χ3v) is 5.86. The van der Waals surface area contributed by atoms with Crippen molar-refractivity contribution >= 4 is 40.1 Å². The SMILES string of the molecule is N#CCC1CC(OC(=O)c2cc(Cl)cc3cc(CNC(=O)c4cnn5cccnc45)oc23)C1. The van der Waals surface area contributed by atoms with Crippen molar-refractivity contribution in [3.63, 3.8) is 0 Å². The number of nitriles is 1. The first-order valence-corrected chi connectivity index (χ1v) is 10.8. The number of rotatable bonds is 6. The standard InChI is InChI=1S/C23H18ClN5O4/c24-15-8-14-9-17(11-27-22(30)19-12-28-29-5-1-4-26-21(19)29)32-20(14)18(10-15)23(31)33-16-6-13(7-16)2-3-25/h1,4-5,8-10,12-13,16H,2,6-7,11H2,(H,27,30). The molecule has 1 saturated carbocycles. The smallest absolute Gasteiger partial charge is 0.342 e. The molecule has 1 aliphatic rings. The van der Waals surface area contributed by atoms with Crippen LogP contribution in [0.3, 0.4) is 0 Å². The minimum Gasteiger partial charge on any atom is -0.459 e. The molecule has 0 radical (unpaired) electrons. The maximum absolute atomic E-state index is 12.7. The number of furan rings is 1. The molecule has 3 aromatic heterocycles.